The van der Waals surface area contributed by atoms with Crippen LogP contribution in [0.5, 0.6) is 5.75 Å². The Kier molecular flexibility index (Phi) is 5.36. The standard InChI is InChI=1S/C17H21NOS/c1-4-18(15-9-8-10-16(13-15)19-3)14(2)20-17-11-6-5-7-12-17/h5-14H,4H2,1-3H3. The van der Waals surface area contributed by atoms with Gasteiger partial charge in [-0.1, -0.05) is 24.3 Å². The molecule has 0 saturated heterocycles. The maximum Gasteiger partial charge on any atom is 0.120 e. The number of thioether (sulfide) groups is 1. The monoisotopic (exact) mass is 287 g/mol. The molecule has 0 bridgehead atoms. The van der Waals surface area contributed by atoms with E-state index in [4.69, 9.17) is 4.74 Å². The molecule has 1 atom stereocenters. The van der Waals surface area contributed by atoms with Crippen LogP contribution in [0.1, 0.15) is 13.8 Å². The van der Waals surface area contributed by atoms with Crippen LogP contribution in [-0.4, -0.2) is 19.0 Å². The van der Waals surface area contributed by atoms with Crippen molar-refractivity contribution in [1.29, 1.82) is 0 Å². The third-order valence-electron chi connectivity index (χ3n) is 3.21. The van der Waals surface area contributed by atoms with E-state index in [0.717, 1.165) is 12.3 Å². The number of hydrogen-bond donors (Lipinski definition) is 0. The fourth-order valence-electron chi connectivity index (χ4n) is 2.20. The van der Waals surface area contributed by atoms with E-state index in [9.17, 15) is 0 Å². The quantitative estimate of drug-likeness (QED) is 0.566. The Bertz CT molecular complexity index is 530. The van der Waals surface area contributed by atoms with Gasteiger partial charge in [0.05, 0.1) is 12.5 Å². The predicted octanol–water partition coefficient (Wildman–Crippen LogP) is 4.66. The second-order valence-corrected chi connectivity index (χ2v) is 5.91. The highest BCUT2D eigenvalue weighted by molar-refractivity contribution is 8.00. The number of rotatable bonds is 6. The van der Waals surface area contributed by atoms with Crippen LogP contribution in [0.3, 0.4) is 0 Å². The number of methoxy groups -OCH3 is 1. The first-order chi connectivity index (χ1) is 9.74. The van der Waals surface area contributed by atoms with E-state index in [1.54, 1.807) is 7.11 Å². The normalized spacial score (nSPS) is 11.9. The van der Waals surface area contributed by atoms with E-state index < -0.39 is 0 Å². The van der Waals surface area contributed by atoms with Gasteiger partial charge in [0.2, 0.25) is 0 Å². The van der Waals surface area contributed by atoms with Gasteiger partial charge in [0.15, 0.2) is 0 Å². The SMILES string of the molecule is CCN(c1cccc(OC)c1)C(C)Sc1ccccc1. The Morgan fingerprint density at radius 1 is 1.10 bits per heavy atom. The highest BCUT2D eigenvalue weighted by atomic mass is 32.2. The van der Waals surface area contributed by atoms with Crippen LogP contribution in [0.4, 0.5) is 5.69 Å². The number of hydrogen-bond acceptors (Lipinski definition) is 3. The van der Waals surface area contributed by atoms with Gasteiger partial charge in [-0.25, -0.2) is 0 Å². The van der Waals surface area contributed by atoms with E-state index in [1.807, 2.05) is 30.0 Å². The molecule has 0 saturated carbocycles. The third-order valence-corrected chi connectivity index (χ3v) is 4.35. The van der Waals surface area contributed by atoms with Crippen molar-refractivity contribution in [2.24, 2.45) is 0 Å². The number of anilines is 1. The Morgan fingerprint density at radius 2 is 1.85 bits per heavy atom. The highest BCUT2D eigenvalue weighted by Crippen LogP contribution is 2.30. The molecule has 2 aromatic carbocycles. The smallest absolute Gasteiger partial charge is 0.120 e. The van der Waals surface area contributed by atoms with Crippen molar-refractivity contribution in [2.45, 2.75) is 24.1 Å². The zero-order valence-electron chi connectivity index (χ0n) is 12.2. The van der Waals surface area contributed by atoms with E-state index in [1.165, 1.54) is 10.6 Å². The molecule has 2 rings (SSSR count). The summed E-state index contributed by atoms with van der Waals surface area (Å²) < 4.78 is 5.31. The summed E-state index contributed by atoms with van der Waals surface area (Å²) in [5, 5.41) is 0.370. The summed E-state index contributed by atoms with van der Waals surface area (Å²) >= 11 is 1.87. The average molecular weight is 287 g/mol. The second kappa shape index (κ2) is 7.25. The summed E-state index contributed by atoms with van der Waals surface area (Å²) in [4.78, 5) is 3.67. The van der Waals surface area contributed by atoms with Crippen molar-refractivity contribution in [3.8, 4) is 5.75 Å². The lowest BCUT2D eigenvalue weighted by Gasteiger charge is -2.30. The van der Waals surface area contributed by atoms with Gasteiger partial charge >= 0.3 is 0 Å². The molecule has 2 aromatic rings. The average Bonchev–Trinajstić information content (AvgIpc) is 2.49. The molecule has 0 radical (unpaired) electrons. The highest BCUT2D eigenvalue weighted by Gasteiger charge is 2.14. The molecule has 2 nitrogen and oxygen atoms in total. The first kappa shape index (κ1) is 14.8. The zero-order valence-corrected chi connectivity index (χ0v) is 13.1. The molecule has 0 spiro atoms. The lowest BCUT2D eigenvalue weighted by Crippen LogP contribution is -2.30. The maximum atomic E-state index is 5.31. The maximum absolute atomic E-state index is 5.31. The van der Waals surface area contributed by atoms with Gasteiger partial charge in [-0.05, 0) is 38.1 Å². The van der Waals surface area contributed by atoms with E-state index in [0.29, 0.717) is 5.37 Å². The van der Waals surface area contributed by atoms with Crippen molar-refractivity contribution in [3.63, 3.8) is 0 Å². The van der Waals surface area contributed by atoms with Gasteiger partial charge in [-0.2, -0.15) is 0 Å². The summed E-state index contributed by atoms with van der Waals surface area (Å²) in [6, 6.07) is 18.8. The molecule has 0 fully saturated rings. The Hall–Kier alpha value is -1.61. The van der Waals surface area contributed by atoms with Crippen LogP contribution >= 0.6 is 11.8 Å². The van der Waals surface area contributed by atoms with Gasteiger partial charge in [-0.3, -0.25) is 0 Å². The van der Waals surface area contributed by atoms with Crippen molar-refractivity contribution < 1.29 is 4.74 Å². The molecule has 3 heteroatoms. The Morgan fingerprint density at radius 3 is 2.50 bits per heavy atom. The molecule has 0 N–H and O–H groups in total. The van der Waals surface area contributed by atoms with Crippen LogP contribution in [0.15, 0.2) is 59.5 Å². The minimum atomic E-state index is 0.370. The summed E-state index contributed by atoms with van der Waals surface area (Å²) in [6.07, 6.45) is 0. The van der Waals surface area contributed by atoms with Crippen LogP contribution in [0.2, 0.25) is 0 Å². The van der Waals surface area contributed by atoms with Crippen molar-refractivity contribution in [2.75, 3.05) is 18.6 Å². The fourth-order valence-corrected chi connectivity index (χ4v) is 3.30. The predicted molar refractivity (Wildman–Crippen MR) is 87.8 cm³/mol. The topological polar surface area (TPSA) is 12.5 Å². The molecule has 0 amide bonds. The molecule has 106 valence electrons. The Balaban J connectivity index is 2.14. The molecule has 0 aliphatic carbocycles. The molecular weight excluding hydrogens is 266 g/mol. The second-order valence-electron chi connectivity index (χ2n) is 4.52. The number of benzene rings is 2. The fraction of sp³-hybridized carbons (Fsp3) is 0.294. The number of ether oxygens (including phenoxy) is 1. The van der Waals surface area contributed by atoms with E-state index in [-0.39, 0.29) is 0 Å². The minimum absolute atomic E-state index is 0.370. The molecule has 0 aromatic heterocycles. The van der Waals surface area contributed by atoms with E-state index in [2.05, 4.69) is 55.1 Å². The van der Waals surface area contributed by atoms with Crippen LogP contribution in [0, 0.1) is 0 Å². The van der Waals surface area contributed by atoms with Crippen molar-refractivity contribution in [3.05, 3.63) is 54.6 Å². The molecule has 1 unspecified atom stereocenters. The van der Waals surface area contributed by atoms with Gasteiger partial charge < -0.3 is 9.64 Å². The minimum Gasteiger partial charge on any atom is -0.497 e. The third kappa shape index (κ3) is 3.70. The zero-order chi connectivity index (χ0) is 14.4. The lowest BCUT2D eigenvalue weighted by molar-refractivity contribution is 0.415. The van der Waals surface area contributed by atoms with Crippen LogP contribution in [0.25, 0.3) is 0 Å². The van der Waals surface area contributed by atoms with Gasteiger partial charge in [0.25, 0.3) is 0 Å². The van der Waals surface area contributed by atoms with Crippen molar-refractivity contribution >= 4 is 17.4 Å². The lowest BCUT2D eigenvalue weighted by atomic mass is 10.2. The summed E-state index contributed by atoms with van der Waals surface area (Å²) in [5.74, 6) is 0.901. The first-order valence-corrected chi connectivity index (χ1v) is 7.75. The summed E-state index contributed by atoms with van der Waals surface area (Å²) in [6.45, 7) is 5.39. The van der Waals surface area contributed by atoms with E-state index >= 15 is 0 Å². The van der Waals surface area contributed by atoms with Crippen molar-refractivity contribution in [1.82, 2.24) is 0 Å². The molecule has 0 aliphatic heterocycles. The molecule has 0 aliphatic rings. The Labute approximate surface area is 125 Å². The van der Waals surface area contributed by atoms with Gasteiger partial charge in [-0.15, -0.1) is 11.8 Å². The molecule has 0 heterocycles. The largest absolute Gasteiger partial charge is 0.497 e. The summed E-state index contributed by atoms with van der Waals surface area (Å²) in [5.41, 5.74) is 1.20. The van der Waals surface area contributed by atoms with Crippen LogP contribution in [-0.2, 0) is 0 Å². The summed E-state index contributed by atoms with van der Waals surface area (Å²) in [7, 11) is 1.71. The first-order valence-electron chi connectivity index (χ1n) is 6.87. The molecular formula is C17H21NOS. The molecule has 20 heavy (non-hydrogen) atoms. The van der Waals surface area contributed by atoms with Crippen LogP contribution < -0.4 is 9.64 Å². The van der Waals surface area contributed by atoms with Gasteiger partial charge in [0.1, 0.15) is 5.75 Å². The van der Waals surface area contributed by atoms with Gasteiger partial charge in [0, 0.05) is 23.2 Å². The number of nitrogens with zero attached hydrogens (tertiary/aromatic N) is 1.